The second-order valence-electron chi connectivity index (χ2n) is 5.24. The van der Waals surface area contributed by atoms with Gasteiger partial charge in [-0.05, 0) is 28.8 Å². The third-order valence-electron chi connectivity index (χ3n) is 3.79. The normalized spacial score (nSPS) is 18.9. The Kier molecular flexibility index (Phi) is 4.03. The molecule has 0 radical (unpaired) electrons. The maximum Gasteiger partial charge on any atom is 0.416 e. The Bertz CT molecular complexity index is 657. The van der Waals surface area contributed by atoms with Crippen LogP contribution in [-0.4, -0.2) is 6.61 Å². The van der Waals surface area contributed by atoms with Crippen molar-refractivity contribution in [1.29, 1.82) is 0 Å². The van der Waals surface area contributed by atoms with Gasteiger partial charge in [-0.1, -0.05) is 48.5 Å². The number of hydrogen-bond acceptors (Lipinski definition) is 1. The molecule has 1 aliphatic rings. The highest BCUT2D eigenvalue weighted by Crippen LogP contribution is 2.35. The first-order valence-electron chi connectivity index (χ1n) is 7.07. The quantitative estimate of drug-likeness (QED) is 0.736. The third-order valence-corrected chi connectivity index (χ3v) is 3.79. The Morgan fingerprint density at radius 2 is 1.59 bits per heavy atom. The highest BCUT2D eigenvalue weighted by atomic mass is 19.4. The molecule has 1 atom stereocenters. The molecule has 2 aromatic carbocycles. The lowest BCUT2D eigenvalue weighted by atomic mass is 9.94. The van der Waals surface area contributed by atoms with Gasteiger partial charge in [-0.2, -0.15) is 13.2 Å². The second kappa shape index (κ2) is 5.97. The van der Waals surface area contributed by atoms with Crippen LogP contribution in [0.3, 0.4) is 0 Å². The monoisotopic (exact) mass is 304 g/mol. The zero-order valence-corrected chi connectivity index (χ0v) is 11.8. The predicted octanol–water partition coefficient (Wildman–Crippen LogP) is 5.25. The summed E-state index contributed by atoms with van der Waals surface area (Å²) in [5.74, 6) is 0. The van der Waals surface area contributed by atoms with E-state index in [1.165, 1.54) is 12.1 Å². The van der Waals surface area contributed by atoms with Crippen molar-refractivity contribution >= 4 is 5.57 Å². The molecule has 4 heteroatoms. The smallest absolute Gasteiger partial charge is 0.369 e. The molecule has 0 bridgehead atoms. The fraction of sp³-hybridized carbons (Fsp3) is 0.222. The SMILES string of the molecule is FC(F)(F)c1ccc([C@H]2CC(c3ccccc3)=CCO2)cc1. The van der Waals surface area contributed by atoms with E-state index in [9.17, 15) is 13.2 Å². The van der Waals surface area contributed by atoms with E-state index in [2.05, 4.69) is 0 Å². The molecule has 2 aromatic rings. The van der Waals surface area contributed by atoms with Crippen LogP contribution in [0.1, 0.15) is 29.2 Å². The van der Waals surface area contributed by atoms with E-state index in [4.69, 9.17) is 4.74 Å². The summed E-state index contributed by atoms with van der Waals surface area (Å²) in [5.41, 5.74) is 2.43. The van der Waals surface area contributed by atoms with Gasteiger partial charge in [0.1, 0.15) is 0 Å². The number of benzene rings is 2. The lowest BCUT2D eigenvalue weighted by Gasteiger charge is -2.24. The first-order valence-corrected chi connectivity index (χ1v) is 7.07. The van der Waals surface area contributed by atoms with Crippen molar-refractivity contribution < 1.29 is 17.9 Å². The van der Waals surface area contributed by atoms with Crippen molar-refractivity contribution in [2.24, 2.45) is 0 Å². The minimum atomic E-state index is -4.30. The number of hydrogen-bond donors (Lipinski definition) is 0. The summed E-state index contributed by atoms with van der Waals surface area (Å²) in [6.07, 6.45) is -1.82. The van der Waals surface area contributed by atoms with Crippen molar-refractivity contribution in [2.45, 2.75) is 18.7 Å². The van der Waals surface area contributed by atoms with Gasteiger partial charge < -0.3 is 4.74 Å². The predicted molar refractivity (Wildman–Crippen MR) is 79.2 cm³/mol. The van der Waals surface area contributed by atoms with E-state index in [0.717, 1.165) is 28.8 Å². The fourth-order valence-corrected chi connectivity index (χ4v) is 2.60. The average Bonchev–Trinajstić information content (AvgIpc) is 2.55. The molecule has 0 amide bonds. The Morgan fingerprint density at radius 1 is 0.909 bits per heavy atom. The number of halogens is 3. The standard InChI is InChI=1S/C18H15F3O/c19-18(20,21)16-8-6-14(7-9-16)17-12-15(10-11-22-17)13-4-2-1-3-5-13/h1-10,17H,11-12H2/t17-/m1/s1. The zero-order chi connectivity index (χ0) is 15.6. The third kappa shape index (κ3) is 3.22. The lowest BCUT2D eigenvalue weighted by molar-refractivity contribution is -0.137. The van der Waals surface area contributed by atoms with Crippen LogP contribution in [0.4, 0.5) is 13.2 Å². The highest BCUT2D eigenvalue weighted by Gasteiger charge is 2.30. The molecule has 0 fully saturated rings. The molecule has 0 unspecified atom stereocenters. The second-order valence-corrected chi connectivity index (χ2v) is 5.24. The molecule has 0 spiro atoms. The molecule has 0 saturated heterocycles. The van der Waals surface area contributed by atoms with E-state index >= 15 is 0 Å². The van der Waals surface area contributed by atoms with Crippen molar-refractivity contribution in [3.8, 4) is 0 Å². The van der Waals surface area contributed by atoms with Crippen LogP contribution >= 0.6 is 0 Å². The maximum absolute atomic E-state index is 12.6. The molecule has 22 heavy (non-hydrogen) atoms. The molecule has 1 aliphatic heterocycles. The van der Waals surface area contributed by atoms with E-state index in [-0.39, 0.29) is 6.10 Å². The summed E-state index contributed by atoms with van der Waals surface area (Å²) in [6.45, 7) is 0.468. The minimum absolute atomic E-state index is 0.206. The number of ether oxygens (including phenoxy) is 1. The number of alkyl halides is 3. The molecular formula is C18H15F3O. The van der Waals surface area contributed by atoms with E-state index < -0.39 is 11.7 Å². The summed E-state index contributed by atoms with van der Waals surface area (Å²) in [5, 5.41) is 0. The molecule has 1 heterocycles. The van der Waals surface area contributed by atoms with Gasteiger partial charge in [0.2, 0.25) is 0 Å². The van der Waals surface area contributed by atoms with Gasteiger partial charge in [0.05, 0.1) is 18.3 Å². The molecule has 0 aliphatic carbocycles. The van der Waals surface area contributed by atoms with Crippen molar-refractivity contribution in [3.63, 3.8) is 0 Å². The highest BCUT2D eigenvalue weighted by molar-refractivity contribution is 5.66. The van der Waals surface area contributed by atoms with Crippen molar-refractivity contribution in [1.82, 2.24) is 0 Å². The Labute approximate surface area is 127 Å². The van der Waals surface area contributed by atoms with Crippen LogP contribution in [0.15, 0.2) is 60.7 Å². The summed E-state index contributed by atoms with van der Waals surface area (Å²) in [6, 6.07) is 15.2. The molecule has 0 aromatic heterocycles. The van der Waals surface area contributed by atoms with Gasteiger partial charge in [0.15, 0.2) is 0 Å². The average molecular weight is 304 g/mol. The van der Waals surface area contributed by atoms with Crippen LogP contribution in [-0.2, 0) is 10.9 Å². The van der Waals surface area contributed by atoms with Gasteiger partial charge in [-0.3, -0.25) is 0 Å². The van der Waals surface area contributed by atoms with Gasteiger partial charge in [-0.25, -0.2) is 0 Å². The van der Waals surface area contributed by atoms with Gasteiger partial charge in [0.25, 0.3) is 0 Å². The summed E-state index contributed by atoms with van der Waals surface area (Å²) < 4.78 is 43.5. The molecule has 114 valence electrons. The van der Waals surface area contributed by atoms with E-state index in [1.807, 2.05) is 36.4 Å². The largest absolute Gasteiger partial charge is 0.416 e. The van der Waals surface area contributed by atoms with E-state index in [1.54, 1.807) is 0 Å². The van der Waals surface area contributed by atoms with Gasteiger partial charge in [0, 0.05) is 6.42 Å². The van der Waals surface area contributed by atoms with Gasteiger partial charge >= 0.3 is 6.18 Å². The summed E-state index contributed by atoms with van der Waals surface area (Å²) in [7, 11) is 0. The van der Waals surface area contributed by atoms with Crippen LogP contribution in [0, 0.1) is 0 Å². The van der Waals surface area contributed by atoms with Crippen LogP contribution in [0.5, 0.6) is 0 Å². The Hall–Kier alpha value is -2.07. The lowest BCUT2D eigenvalue weighted by Crippen LogP contribution is -2.12. The molecule has 1 nitrogen and oxygen atoms in total. The molecule has 3 rings (SSSR count). The van der Waals surface area contributed by atoms with Crippen LogP contribution < -0.4 is 0 Å². The Morgan fingerprint density at radius 3 is 2.23 bits per heavy atom. The topological polar surface area (TPSA) is 9.23 Å². The first kappa shape index (κ1) is 14.9. The van der Waals surface area contributed by atoms with Crippen LogP contribution in [0.25, 0.3) is 5.57 Å². The molecule has 0 saturated carbocycles. The zero-order valence-electron chi connectivity index (χ0n) is 11.8. The molecule has 0 N–H and O–H groups in total. The molecular weight excluding hydrogens is 289 g/mol. The first-order chi connectivity index (χ1) is 10.5. The van der Waals surface area contributed by atoms with Crippen molar-refractivity contribution in [2.75, 3.05) is 6.61 Å². The number of rotatable bonds is 2. The summed E-state index contributed by atoms with van der Waals surface area (Å²) >= 11 is 0. The van der Waals surface area contributed by atoms with Crippen molar-refractivity contribution in [3.05, 3.63) is 77.4 Å². The van der Waals surface area contributed by atoms with Crippen LogP contribution in [0.2, 0.25) is 0 Å². The maximum atomic E-state index is 12.6. The summed E-state index contributed by atoms with van der Waals surface area (Å²) in [4.78, 5) is 0. The van der Waals surface area contributed by atoms with Gasteiger partial charge in [-0.15, -0.1) is 0 Å². The fourth-order valence-electron chi connectivity index (χ4n) is 2.60. The Balaban J connectivity index is 1.78. The van der Waals surface area contributed by atoms with E-state index in [0.29, 0.717) is 13.0 Å². The minimum Gasteiger partial charge on any atom is -0.369 e.